The van der Waals surface area contributed by atoms with Gasteiger partial charge in [-0.15, -0.1) is 0 Å². The third kappa shape index (κ3) is 3.27. The molecule has 2 aromatic carbocycles. The number of carbonyl (C=O) groups excluding carboxylic acids is 1. The SMILES string of the molecule is Nc1ccc(/C=C/C(=O)Nc2nc3ccccc3s2)cc1. The van der Waals surface area contributed by atoms with Gasteiger partial charge in [-0.2, -0.15) is 0 Å². The molecule has 4 nitrogen and oxygen atoms in total. The molecule has 0 aliphatic rings. The molecule has 3 aromatic rings. The topological polar surface area (TPSA) is 68.0 Å². The van der Waals surface area contributed by atoms with Gasteiger partial charge in [0.05, 0.1) is 10.2 Å². The second-order valence-electron chi connectivity index (χ2n) is 4.48. The Kier molecular flexibility index (Phi) is 3.66. The number of para-hydroxylation sites is 1. The number of nitrogens with zero attached hydrogens (tertiary/aromatic N) is 1. The van der Waals surface area contributed by atoms with Gasteiger partial charge in [-0.3, -0.25) is 10.1 Å². The average molecular weight is 295 g/mol. The number of amides is 1. The molecule has 21 heavy (non-hydrogen) atoms. The lowest BCUT2D eigenvalue weighted by atomic mass is 10.2. The summed E-state index contributed by atoms with van der Waals surface area (Å²) in [6.45, 7) is 0. The molecule has 0 fully saturated rings. The number of benzene rings is 2. The molecular weight excluding hydrogens is 282 g/mol. The van der Waals surface area contributed by atoms with Crippen LogP contribution in [-0.2, 0) is 4.79 Å². The van der Waals surface area contributed by atoms with Gasteiger partial charge in [0.2, 0.25) is 5.91 Å². The number of nitrogen functional groups attached to an aromatic ring is 1. The van der Waals surface area contributed by atoms with Crippen LogP contribution >= 0.6 is 11.3 Å². The van der Waals surface area contributed by atoms with Crippen LogP contribution in [-0.4, -0.2) is 10.9 Å². The molecule has 1 heterocycles. The minimum Gasteiger partial charge on any atom is -0.399 e. The fraction of sp³-hybridized carbons (Fsp3) is 0. The Labute approximate surface area is 125 Å². The number of hydrogen-bond acceptors (Lipinski definition) is 4. The van der Waals surface area contributed by atoms with Crippen LogP contribution in [0, 0.1) is 0 Å². The van der Waals surface area contributed by atoms with Crippen molar-refractivity contribution in [1.29, 1.82) is 0 Å². The maximum Gasteiger partial charge on any atom is 0.250 e. The maximum atomic E-state index is 11.9. The number of aromatic nitrogens is 1. The van der Waals surface area contributed by atoms with Crippen molar-refractivity contribution in [2.45, 2.75) is 0 Å². The summed E-state index contributed by atoms with van der Waals surface area (Å²) in [4.78, 5) is 16.2. The van der Waals surface area contributed by atoms with E-state index in [1.807, 2.05) is 36.4 Å². The van der Waals surface area contributed by atoms with Gasteiger partial charge in [0.15, 0.2) is 5.13 Å². The van der Waals surface area contributed by atoms with Crippen LogP contribution in [0.4, 0.5) is 10.8 Å². The number of hydrogen-bond donors (Lipinski definition) is 2. The third-order valence-corrected chi connectivity index (χ3v) is 3.84. The lowest BCUT2D eigenvalue weighted by molar-refractivity contribution is -0.111. The van der Waals surface area contributed by atoms with Gasteiger partial charge in [0.1, 0.15) is 0 Å². The van der Waals surface area contributed by atoms with E-state index in [2.05, 4.69) is 10.3 Å². The van der Waals surface area contributed by atoms with Crippen molar-refractivity contribution < 1.29 is 4.79 Å². The smallest absolute Gasteiger partial charge is 0.250 e. The zero-order chi connectivity index (χ0) is 14.7. The number of fused-ring (bicyclic) bond motifs is 1. The van der Waals surface area contributed by atoms with Gasteiger partial charge < -0.3 is 5.73 Å². The summed E-state index contributed by atoms with van der Waals surface area (Å²) in [5.74, 6) is -0.203. The van der Waals surface area contributed by atoms with Gasteiger partial charge in [0.25, 0.3) is 0 Å². The van der Waals surface area contributed by atoms with Crippen molar-refractivity contribution in [3.8, 4) is 0 Å². The predicted molar refractivity (Wildman–Crippen MR) is 88.1 cm³/mol. The highest BCUT2D eigenvalue weighted by Crippen LogP contribution is 2.25. The molecular formula is C16H13N3OS. The normalized spacial score (nSPS) is 11.0. The van der Waals surface area contributed by atoms with Crippen molar-refractivity contribution in [2.75, 3.05) is 11.1 Å². The Morgan fingerprint density at radius 1 is 1.14 bits per heavy atom. The zero-order valence-electron chi connectivity index (χ0n) is 11.1. The number of thiazole rings is 1. The Morgan fingerprint density at radius 3 is 2.67 bits per heavy atom. The number of rotatable bonds is 3. The molecule has 5 heteroatoms. The van der Waals surface area contributed by atoms with E-state index < -0.39 is 0 Å². The Hall–Kier alpha value is -2.66. The summed E-state index contributed by atoms with van der Waals surface area (Å²) in [6, 6.07) is 15.1. The average Bonchev–Trinajstić information content (AvgIpc) is 2.88. The molecule has 3 rings (SSSR count). The van der Waals surface area contributed by atoms with E-state index in [1.165, 1.54) is 17.4 Å². The first-order chi connectivity index (χ1) is 10.2. The Morgan fingerprint density at radius 2 is 1.90 bits per heavy atom. The maximum absolute atomic E-state index is 11.9. The second-order valence-corrected chi connectivity index (χ2v) is 5.51. The predicted octanol–water partition coefficient (Wildman–Crippen LogP) is 3.53. The highest BCUT2D eigenvalue weighted by molar-refractivity contribution is 7.22. The van der Waals surface area contributed by atoms with Gasteiger partial charge in [0, 0.05) is 11.8 Å². The minimum absolute atomic E-state index is 0.203. The third-order valence-electron chi connectivity index (χ3n) is 2.89. The molecule has 0 aliphatic carbocycles. The molecule has 3 N–H and O–H groups in total. The fourth-order valence-electron chi connectivity index (χ4n) is 1.85. The molecule has 0 aliphatic heterocycles. The summed E-state index contributed by atoms with van der Waals surface area (Å²) in [7, 11) is 0. The van der Waals surface area contributed by atoms with E-state index in [-0.39, 0.29) is 5.91 Å². The first kappa shape index (κ1) is 13.3. The highest BCUT2D eigenvalue weighted by atomic mass is 32.1. The van der Waals surface area contributed by atoms with Gasteiger partial charge in [-0.25, -0.2) is 4.98 Å². The molecule has 0 saturated carbocycles. The van der Waals surface area contributed by atoms with Crippen LogP contribution < -0.4 is 11.1 Å². The minimum atomic E-state index is -0.203. The quantitative estimate of drug-likeness (QED) is 0.573. The van der Waals surface area contributed by atoms with Crippen LogP contribution in [0.1, 0.15) is 5.56 Å². The van der Waals surface area contributed by atoms with Crippen molar-refractivity contribution >= 4 is 44.4 Å². The standard InChI is InChI=1S/C16H13N3OS/c17-12-8-5-11(6-9-12)7-10-15(20)19-16-18-13-3-1-2-4-14(13)21-16/h1-10H,17H2,(H,18,19,20)/b10-7+. The van der Waals surface area contributed by atoms with E-state index in [0.29, 0.717) is 10.8 Å². The lowest BCUT2D eigenvalue weighted by Gasteiger charge is -1.96. The summed E-state index contributed by atoms with van der Waals surface area (Å²) < 4.78 is 1.05. The van der Waals surface area contributed by atoms with Crippen molar-refractivity contribution in [2.24, 2.45) is 0 Å². The van der Waals surface area contributed by atoms with E-state index in [4.69, 9.17) is 5.73 Å². The second kappa shape index (κ2) is 5.76. The summed E-state index contributed by atoms with van der Waals surface area (Å²) in [5, 5.41) is 3.37. The van der Waals surface area contributed by atoms with Crippen molar-refractivity contribution in [3.63, 3.8) is 0 Å². The molecule has 1 amide bonds. The number of anilines is 2. The monoisotopic (exact) mass is 295 g/mol. The number of nitrogens with two attached hydrogens (primary N) is 1. The molecule has 0 bridgehead atoms. The van der Waals surface area contributed by atoms with E-state index in [0.717, 1.165) is 15.8 Å². The van der Waals surface area contributed by atoms with Gasteiger partial charge in [-0.05, 0) is 35.9 Å². The molecule has 104 valence electrons. The van der Waals surface area contributed by atoms with Crippen LogP contribution in [0.3, 0.4) is 0 Å². The first-order valence-corrected chi connectivity index (χ1v) is 7.22. The molecule has 0 unspecified atom stereocenters. The van der Waals surface area contributed by atoms with E-state index in [9.17, 15) is 4.79 Å². The number of nitrogens with one attached hydrogen (secondary N) is 1. The van der Waals surface area contributed by atoms with Crippen molar-refractivity contribution in [1.82, 2.24) is 4.98 Å². The van der Waals surface area contributed by atoms with Crippen LogP contribution in [0.15, 0.2) is 54.6 Å². The zero-order valence-corrected chi connectivity index (χ0v) is 11.9. The van der Waals surface area contributed by atoms with Gasteiger partial charge >= 0.3 is 0 Å². The summed E-state index contributed by atoms with van der Waals surface area (Å²) >= 11 is 1.46. The van der Waals surface area contributed by atoms with Gasteiger partial charge in [-0.1, -0.05) is 35.6 Å². The number of carbonyl (C=O) groups is 1. The van der Waals surface area contributed by atoms with E-state index >= 15 is 0 Å². The summed E-state index contributed by atoms with van der Waals surface area (Å²) in [6.07, 6.45) is 3.22. The first-order valence-electron chi connectivity index (χ1n) is 6.41. The van der Waals surface area contributed by atoms with Crippen molar-refractivity contribution in [3.05, 3.63) is 60.2 Å². The summed E-state index contributed by atoms with van der Waals surface area (Å²) in [5.41, 5.74) is 8.12. The molecule has 0 atom stereocenters. The highest BCUT2D eigenvalue weighted by Gasteiger charge is 2.04. The van der Waals surface area contributed by atoms with Crippen LogP contribution in [0.25, 0.3) is 16.3 Å². The Bertz CT molecular complexity index is 773. The van der Waals surface area contributed by atoms with Crippen LogP contribution in [0.2, 0.25) is 0 Å². The Balaban J connectivity index is 1.69. The van der Waals surface area contributed by atoms with E-state index in [1.54, 1.807) is 18.2 Å². The molecule has 0 saturated heterocycles. The largest absolute Gasteiger partial charge is 0.399 e. The van der Waals surface area contributed by atoms with Crippen LogP contribution in [0.5, 0.6) is 0 Å². The lowest BCUT2D eigenvalue weighted by Crippen LogP contribution is -2.07. The molecule has 1 aromatic heterocycles. The fourth-order valence-corrected chi connectivity index (χ4v) is 2.72. The molecule has 0 radical (unpaired) electrons. The molecule has 0 spiro atoms.